The molecule has 3 aromatic rings. The number of alkyl halides is 3. The Kier molecular flexibility index (Phi) is 9.18. The highest BCUT2D eigenvalue weighted by atomic mass is 19.4. The van der Waals surface area contributed by atoms with Gasteiger partial charge in [-0.1, -0.05) is 45.0 Å². The largest absolute Gasteiger partial charge is 0.493 e. The molecule has 0 atom stereocenters. The molecule has 194 valence electrons. The van der Waals surface area contributed by atoms with Gasteiger partial charge in [0, 0.05) is 12.1 Å². The van der Waals surface area contributed by atoms with Crippen molar-refractivity contribution < 1.29 is 36.2 Å². The van der Waals surface area contributed by atoms with Crippen molar-refractivity contribution in [2.24, 2.45) is 0 Å². The highest BCUT2D eigenvalue weighted by Gasteiger charge is 2.38. The van der Waals surface area contributed by atoms with Gasteiger partial charge >= 0.3 is 6.18 Å². The average Bonchev–Trinajstić information content (AvgIpc) is 2.83. The zero-order valence-corrected chi connectivity index (χ0v) is 20.5. The molecule has 0 amide bonds. The Morgan fingerprint density at radius 1 is 0.611 bits per heavy atom. The molecule has 0 bridgehead atoms. The fourth-order valence-corrected chi connectivity index (χ4v) is 3.65. The minimum atomic E-state index is -5.12. The summed E-state index contributed by atoms with van der Waals surface area (Å²) < 4.78 is 84.8. The van der Waals surface area contributed by atoms with Gasteiger partial charge in [-0.25, -0.2) is 8.78 Å². The van der Waals surface area contributed by atoms with Gasteiger partial charge in [0.2, 0.25) is 0 Å². The van der Waals surface area contributed by atoms with Gasteiger partial charge in [0.1, 0.15) is 34.4 Å². The summed E-state index contributed by atoms with van der Waals surface area (Å²) in [5.74, 6) is -1.57. The van der Waals surface area contributed by atoms with Gasteiger partial charge in [-0.15, -0.1) is 0 Å². The van der Waals surface area contributed by atoms with Crippen molar-refractivity contribution in [2.45, 2.75) is 46.2 Å². The molecule has 3 rings (SSSR count). The molecule has 0 unspecified atom stereocenters. The number of hydrogen-bond donors (Lipinski definition) is 0. The molecule has 8 heteroatoms. The van der Waals surface area contributed by atoms with E-state index in [2.05, 4.69) is 0 Å². The lowest BCUT2D eigenvalue weighted by molar-refractivity contribution is -0.142. The summed E-state index contributed by atoms with van der Waals surface area (Å²) in [6, 6.07) is 11.6. The number of ether oxygens (including phenoxy) is 3. The summed E-state index contributed by atoms with van der Waals surface area (Å²) in [5, 5.41) is 0. The molecule has 0 aromatic heterocycles. The van der Waals surface area contributed by atoms with Gasteiger partial charge in [-0.2, -0.15) is 13.2 Å². The molecule has 0 aliphatic heterocycles. The molecule has 0 saturated carbocycles. The molecule has 3 nitrogen and oxygen atoms in total. The van der Waals surface area contributed by atoms with Crippen LogP contribution in [-0.2, 0) is 6.18 Å². The van der Waals surface area contributed by atoms with Gasteiger partial charge in [0.05, 0.1) is 25.4 Å². The van der Waals surface area contributed by atoms with E-state index in [0.29, 0.717) is 65.9 Å². The highest BCUT2D eigenvalue weighted by molar-refractivity contribution is 5.80. The van der Waals surface area contributed by atoms with E-state index in [0.717, 1.165) is 19.3 Å². The Balaban J connectivity index is 2.05. The summed E-state index contributed by atoms with van der Waals surface area (Å²) in [6.45, 7) is 7.47. The summed E-state index contributed by atoms with van der Waals surface area (Å²) >= 11 is 0. The average molecular weight is 509 g/mol. The third-order valence-corrected chi connectivity index (χ3v) is 5.27. The van der Waals surface area contributed by atoms with Gasteiger partial charge in [0.15, 0.2) is 0 Å². The van der Waals surface area contributed by atoms with Crippen LogP contribution in [0.4, 0.5) is 22.0 Å². The summed E-state index contributed by atoms with van der Waals surface area (Å²) in [7, 11) is 0. The normalized spacial score (nSPS) is 11.4. The predicted molar refractivity (Wildman–Crippen MR) is 130 cm³/mol. The van der Waals surface area contributed by atoms with Crippen molar-refractivity contribution in [3.8, 4) is 39.5 Å². The number of hydrogen-bond acceptors (Lipinski definition) is 3. The lowest BCUT2D eigenvalue weighted by Crippen LogP contribution is -2.11. The fourth-order valence-electron chi connectivity index (χ4n) is 3.65. The highest BCUT2D eigenvalue weighted by Crippen LogP contribution is 2.43. The fraction of sp³-hybridized carbons (Fsp3) is 0.357. The zero-order valence-electron chi connectivity index (χ0n) is 20.5. The maximum Gasteiger partial charge on any atom is 0.422 e. The van der Waals surface area contributed by atoms with Crippen LogP contribution in [0.3, 0.4) is 0 Å². The molecule has 0 saturated heterocycles. The quantitative estimate of drug-likeness (QED) is 0.243. The summed E-state index contributed by atoms with van der Waals surface area (Å²) in [5.41, 5.74) is -0.135. The van der Waals surface area contributed by atoms with Crippen LogP contribution in [0, 0.1) is 11.6 Å². The second-order valence-corrected chi connectivity index (χ2v) is 8.23. The van der Waals surface area contributed by atoms with E-state index in [-0.39, 0.29) is 5.56 Å². The van der Waals surface area contributed by atoms with E-state index in [1.165, 1.54) is 0 Å². The van der Waals surface area contributed by atoms with Gasteiger partial charge in [-0.3, -0.25) is 0 Å². The van der Waals surface area contributed by atoms with E-state index in [4.69, 9.17) is 14.2 Å². The van der Waals surface area contributed by atoms with Gasteiger partial charge in [-0.05, 0) is 48.1 Å². The SMILES string of the molecule is CCCOc1cc(OCCC)c(-c2ccc(-c3cc(F)c(C(F)(F)F)c(F)c3)cc2)c(OCCC)c1. The van der Waals surface area contributed by atoms with Crippen molar-refractivity contribution in [1.82, 2.24) is 0 Å². The first-order valence-corrected chi connectivity index (χ1v) is 11.9. The van der Waals surface area contributed by atoms with Crippen LogP contribution >= 0.6 is 0 Å². The molecule has 0 radical (unpaired) electrons. The van der Waals surface area contributed by atoms with Crippen LogP contribution in [0.5, 0.6) is 17.2 Å². The second kappa shape index (κ2) is 12.1. The number of rotatable bonds is 11. The van der Waals surface area contributed by atoms with Crippen molar-refractivity contribution in [1.29, 1.82) is 0 Å². The Morgan fingerprint density at radius 2 is 1.06 bits per heavy atom. The smallest absolute Gasteiger partial charge is 0.422 e. The Hall–Kier alpha value is -3.29. The lowest BCUT2D eigenvalue weighted by atomic mass is 9.97. The Bertz CT molecular complexity index is 1100. The molecule has 0 spiro atoms. The summed E-state index contributed by atoms with van der Waals surface area (Å²) in [6.07, 6.45) is -2.71. The van der Waals surface area contributed by atoms with E-state index in [9.17, 15) is 22.0 Å². The van der Waals surface area contributed by atoms with Crippen LogP contribution < -0.4 is 14.2 Å². The number of benzene rings is 3. The molecule has 36 heavy (non-hydrogen) atoms. The predicted octanol–water partition coefficient (Wildman–Crippen LogP) is 8.68. The topological polar surface area (TPSA) is 27.7 Å². The first-order chi connectivity index (χ1) is 17.2. The van der Waals surface area contributed by atoms with Crippen LogP contribution in [0.15, 0.2) is 48.5 Å². The third kappa shape index (κ3) is 6.47. The minimum absolute atomic E-state index is 0.00206. The van der Waals surface area contributed by atoms with Crippen molar-refractivity contribution in [2.75, 3.05) is 19.8 Å². The second-order valence-electron chi connectivity index (χ2n) is 8.23. The van der Waals surface area contributed by atoms with E-state index < -0.39 is 23.4 Å². The molecule has 0 aliphatic rings. The minimum Gasteiger partial charge on any atom is -0.493 e. The van der Waals surface area contributed by atoms with Crippen LogP contribution in [0.1, 0.15) is 45.6 Å². The van der Waals surface area contributed by atoms with E-state index >= 15 is 0 Å². The zero-order chi connectivity index (χ0) is 26.3. The molecule has 3 aromatic carbocycles. The first-order valence-electron chi connectivity index (χ1n) is 11.9. The van der Waals surface area contributed by atoms with Crippen molar-refractivity contribution in [3.63, 3.8) is 0 Å². The Morgan fingerprint density at radius 3 is 1.50 bits per heavy atom. The molecule has 0 aliphatic carbocycles. The van der Waals surface area contributed by atoms with Crippen LogP contribution in [0.25, 0.3) is 22.3 Å². The van der Waals surface area contributed by atoms with Gasteiger partial charge in [0.25, 0.3) is 0 Å². The Labute approximate surface area is 207 Å². The summed E-state index contributed by atoms with van der Waals surface area (Å²) in [4.78, 5) is 0. The monoisotopic (exact) mass is 508 g/mol. The number of halogens is 5. The van der Waals surface area contributed by atoms with E-state index in [1.54, 1.807) is 36.4 Å². The first kappa shape index (κ1) is 27.3. The van der Waals surface area contributed by atoms with Crippen LogP contribution in [0.2, 0.25) is 0 Å². The maximum atomic E-state index is 14.1. The third-order valence-electron chi connectivity index (χ3n) is 5.27. The standard InChI is InChI=1S/C28H29F5O3/c1-4-11-34-21-16-24(35-12-5-2)26(25(17-21)36-13-6-3)19-9-7-18(8-10-19)20-14-22(29)27(23(30)15-20)28(31,32)33/h7-10,14-17H,4-6,11-13H2,1-3H3. The molecule has 0 heterocycles. The van der Waals surface area contributed by atoms with E-state index in [1.807, 2.05) is 20.8 Å². The van der Waals surface area contributed by atoms with Crippen molar-refractivity contribution >= 4 is 0 Å². The lowest BCUT2D eigenvalue weighted by Gasteiger charge is -2.19. The molecular formula is C28H29F5O3. The van der Waals surface area contributed by atoms with Crippen LogP contribution in [-0.4, -0.2) is 19.8 Å². The maximum absolute atomic E-state index is 14.1. The van der Waals surface area contributed by atoms with Gasteiger partial charge < -0.3 is 14.2 Å². The molecular weight excluding hydrogens is 479 g/mol. The molecule has 0 fully saturated rings. The molecule has 0 N–H and O–H groups in total. The van der Waals surface area contributed by atoms with Crippen molar-refractivity contribution in [3.05, 3.63) is 65.7 Å².